The Kier molecular flexibility index (Phi) is 4.48. The number of carbonyl (C=O) groups excluding carboxylic acids is 1. The molecular formula is C11H17NO2. The minimum atomic E-state index is -0.0841. The van der Waals surface area contributed by atoms with Gasteiger partial charge in [0.15, 0.2) is 0 Å². The van der Waals surface area contributed by atoms with Gasteiger partial charge in [-0.1, -0.05) is 5.92 Å². The van der Waals surface area contributed by atoms with E-state index in [1.54, 1.807) is 0 Å². The Hall–Kier alpha value is -1.01. The standard InChI is InChI=1S/C11H17NO2/c1-3-4-7-12-8-5-6-10(9-12)11(13)14-2/h10H,5-9H2,1-2H3. The highest BCUT2D eigenvalue weighted by atomic mass is 16.5. The zero-order valence-electron chi connectivity index (χ0n) is 8.88. The Morgan fingerprint density at radius 3 is 3.07 bits per heavy atom. The van der Waals surface area contributed by atoms with Gasteiger partial charge in [-0.3, -0.25) is 9.69 Å². The molecule has 0 aliphatic carbocycles. The molecule has 0 amide bonds. The molecule has 0 radical (unpaired) electrons. The third-order valence-electron chi connectivity index (χ3n) is 2.52. The van der Waals surface area contributed by atoms with Gasteiger partial charge in [0.2, 0.25) is 0 Å². The zero-order valence-corrected chi connectivity index (χ0v) is 8.88. The van der Waals surface area contributed by atoms with Gasteiger partial charge in [0.25, 0.3) is 0 Å². The van der Waals surface area contributed by atoms with Crippen LogP contribution in [0.25, 0.3) is 0 Å². The van der Waals surface area contributed by atoms with Crippen molar-refractivity contribution in [3.8, 4) is 11.8 Å². The fraction of sp³-hybridized carbons (Fsp3) is 0.727. The number of hydrogen-bond acceptors (Lipinski definition) is 3. The lowest BCUT2D eigenvalue weighted by Gasteiger charge is -2.29. The van der Waals surface area contributed by atoms with Gasteiger partial charge in [-0.2, -0.15) is 0 Å². The Labute approximate surface area is 85.4 Å². The summed E-state index contributed by atoms with van der Waals surface area (Å²) in [6.07, 6.45) is 2.01. The molecule has 0 saturated carbocycles. The minimum absolute atomic E-state index is 0.0485. The fourth-order valence-electron chi connectivity index (χ4n) is 1.75. The molecule has 1 rings (SSSR count). The van der Waals surface area contributed by atoms with Gasteiger partial charge < -0.3 is 4.74 Å². The highest BCUT2D eigenvalue weighted by Crippen LogP contribution is 2.16. The lowest BCUT2D eigenvalue weighted by Crippen LogP contribution is -2.39. The van der Waals surface area contributed by atoms with E-state index in [-0.39, 0.29) is 11.9 Å². The zero-order chi connectivity index (χ0) is 10.4. The van der Waals surface area contributed by atoms with Crippen molar-refractivity contribution in [2.24, 2.45) is 5.92 Å². The van der Waals surface area contributed by atoms with Gasteiger partial charge >= 0.3 is 5.97 Å². The molecule has 0 bridgehead atoms. The van der Waals surface area contributed by atoms with Crippen LogP contribution in [0.15, 0.2) is 0 Å². The first kappa shape index (κ1) is 11.1. The van der Waals surface area contributed by atoms with Gasteiger partial charge in [-0.05, 0) is 26.3 Å². The van der Waals surface area contributed by atoms with E-state index in [1.165, 1.54) is 7.11 Å². The van der Waals surface area contributed by atoms with Crippen LogP contribution in [0.1, 0.15) is 19.8 Å². The predicted molar refractivity (Wildman–Crippen MR) is 54.6 cm³/mol. The first-order valence-corrected chi connectivity index (χ1v) is 4.97. The second-order valence-electron chi connectivity index (χ2n) is 3.52. The molecule has 0 spiro atoms. The van der Waals surface area contributed by atoms with Crippen LogP contribution >= 0.6 is 0 Å². The van der Waals surface area contributed by atoms with Crippen molar-refractivity contribution in [2.45, 2.75) is 19.8 Å². The number of rotatable bonds is 2. The molecule has 1 aliphatic rings. The number of esters is 1. The van der Waals surface area contributed by atoms with E-state index in [0.717, 1.165) is 32.5 Å². The van der Waals surface area contributed by atoms with Crippen LogP contribution in [0, 0.1) is 17.8 Å². The second-order valence-corrected chi connectivity index (χ2v) is 3.52. The van der Waals surface area contributed by atoms with Crippen molar-refractivity contribution in [3.63, 3.8) is 0 Å². The molecule has 14 heavy (non-hydrogen) atoms. The summed E-state index contributed by atoms with van der Waals surface area (Å²) in [5, 5.41) is 0. The van der Waals surface area contributed by atoms with Crippen molar-refractivity contribution >= 4 is 5.97 Å². The summed E-state index contributed by atoms with van der Waals surface area (Å²) >= 11 is 0. The van der Waals surface area contributed by atoms with E-state index in [9.17, 15) is 4.79 Å². The van der Waals surface area contributed by atoms with Crippen LogP contribution in [0.5, 0.6) is 0 Å². The summed E-state index contributed by atoms with van der Waals surface area (Å²) in [7, 11) is 1.45. The van der Waals surface area contributed by atoms with E-state index >= 15 is 0 Å². The van der Waals surface area contributed by atoms with Crippen LogP contribution in [-0.2, 0) is 9.53 Å². The number of nitrogens with zero attached hydrogens (tertiary/aromatic N) is 1. The van der Waals surface area contributed by atoms with E-state index in [0.29, 0.717) is 0 Å². The topological polar surface area (TPSA) is 29.5 Å². The van der Waals surface area contributed by atoms with Crippen molar-refractivity contribution in [2.75, 3.05) is 26.7 Å². The highest BCUT2D eigenvalue weighted by Gasteiger charge is 2.25. The van der Waals surface area contributed by atoms with E-state index in [2.05, 4.69) is 16.7 Å². The summed E-state index contributed by atoms with van der Waals surface area (Å²) in [5.74, 6) is 5.85. The molecule has 1 atom stereocenters. The largest absolute Gasteiger partial charge is 0.469 e. The average Bonchev–Trinajstić information content (AvgIpc) is 2.25. The maximum absolute atomic E-state index is 11.3. The summed E-state index contributed by atoms with van der Waals surface area (Å²) < 4.78 is 4.74. The molecule has 3 heteroatoms. The number of methoxy groups -OCH3 is 1. The molecule has 3 nitrogen and oxygen atoms in total. The normalized spacial score (nSPS) is 22.3. The lowest BCUT2D eigenvalue weighted by atomic mass is 9.98. The molecule has 1 aliphatic heterocycles. The van der Waals surface area contributed by atoms with Crippen LogP contribution < -0.4 is 0 Å². The highest BCUT2D eigenvalue weighted by molar-refractivity contribution is 5.72. The molecule has 0 aromatic rings. The van der Waals surface area contributed by atoms with Crippen molar-refractivity contribution in [3.05, 3.63) is 0 Å². The molecule has 1 fully saturated rings. The quantitative estimate of drug-likeness (QED) is 0.484. The second kappa shape index (κ2) is 5.66. The number of ether oxygens (including phenoxy) is 1. The van der Waals surface area contributed by atoms with Crippen LogP contribution in [0.2, 0.25) is 0 Å². The van der Waals surface area contributed by atoms with Crippen LogP contribution in [0.3, 0.4) is 0 Å². The smallest absolute Gasteiger partial charge is 0.309 e. The van der Waals surface area contributed by atoms with Gasteiger partial charge in [-0.15, -0.1) is 5.92 Å². The molecule has 0 N–H and O–H groups in total. The van der Waals surface area contributed by atoms with Crippen LogP contribution in [0.4, 0.5) is 0 Å². The summed E-state index contributed by atoms with van der Waals surface area (Å²) in [4.78, 5) is 13.5. The van der Waals surface area contributed by atoms with Gasteiger partial charge in [0.1, 0.15) is 0 Å². The Morgan fingerprint density at radius 1 is 1.64 bits per heavy atom. The van der Waals surface area contributed by atoms with Gasteiger partial charge in [0.05, 0.1) is 19.6 Å². The molecular weight excluding hydrogens is 178 g/mol. The maximum Gasteiger partial charge on any atom is 0.309 e. The number of piperidine rings is 1. The van der Waals surface area contributed by atoms with Crippen molar-refractivity contribution in [1.29, 1.82) is 0 Å². The van der Waals surface area contributed by atoms with Gasteiger partial charge in [-0.25, -0.2) is 0 Å². The molecule has 1 heterocycles. The Bertz CT molecular complexity index is 252. The van der Waals surface area contributed by atoms with E-state index in [1.807, 2.05) is 6.92 Å². The van der Waals surface area contributed by atoms with Crippen LogP contribution in [-0.4, -0.2) is 37.6 Å². The maximum atomic E-state index is 11.3. The molecule has 0 aromatic carbocycles. The third-order valence-corrected chi connectivity index (χ3v) is 2.52. The third kappa shape index (κ3) is 3.04. The minimum Gasteiger partial charge on any atom is -0.469 e. The monoisotopic (exact) mass is 195 g/mol. The summed E-state index contributed by atoms with van der Waals surface area (Å²) in [5.41, 5.74) is 0. The molecule has 1 saturated heterocycles. The Balaban J connectivity index is 2.41. The van der Waals surface area contributed by atoms with Crippen molar-refractivity contribution < 1.29 is 9.53 Å². The average molecular weight is 195 g/mol. The Morgan fingerprint density at radius 2 is 2.43 bits per heavy atom. The SMILES string of the molecule is CC#CCN1CCCC(C(=O)OC)C1. The first-order chi connectivity index (χ1) is 6.77. The number of likely N-dealkylation sites (tertiary alicyclic amines) is 1. The van der Waals surface area contributed by atoms with E-state index in [4.69, 9.17) is 4.74 Å². The number of carbonyl (C=O) groups is 1. The lowest BCUT2D eigenvalue weighted by molar-refractivity contribution is -0.147. The fourth-order valence-corrected chi connectivity index (χ4v) is 1.75. The molecule has 1 unspecified atom stereocenters. The molecule has 0 aromatic heterocycles. The first-order valence-electron chi connectivity index (χ1n) is 4.97. The number of hydrogen-bond donors (Lipinski definition) is 0. The van der Waals surface area contributed by atoms with Gasteiger partial charge in [0, 0.05) is 6.54 Å². The summed E-state index contributed by atoms with van der Waals surface area (Å²) in [6.45, 7) is 4.44. The van der Waals surface area contributed by atoms with E-state index < -0.39 is 0 Å². The molecule has 78 valence electrons. The summed E-state index contributed by atoms with van der Waals surface area (Å²) in [6, 6.07) is 0. The van der Waals surface area contributed by atoms with Crippen molar-refractivity contribution in [1.82, 2.24) is 4.90 Å². The predicted octanol–water partition coefficient (Wildman–Crippen LogP) is 0.895.